The van der Waals surface area contributed by atoms with Crippen LogP contribution in [-0.2, 0) is 6.54 Å². The minimum Gasteiger partial charge on any atom is -0.261 e. The first-order chi connectivity index (χ1) is 11.8. The number of thiazole rings is 1. The van der Waals surface area contributed by atoms with E-state index in [4.69, 9.17) is 0 Å². The fourth-order valence-electron chi connectivity index (χ4n) is 2.28. The maximum atomic E-state index is 14.0. The summed E-state index contributed by atoms with van der Waals surface area (Å²) in [6, 6.07) is 6.60. The lowest BCUT2D eigenvalue weighted by Gasteiger charge is -2.06. The summed E-state index contributed by atoms with van der Waals surface area (Å²) in [5, 5.41) is 6.35. The Bertz CT molecular complexity index is 952. The molecule has 4 aromatic rings. The Morgan fingerprint density at radius 1 is 1.08 bits per heavy atom. The topological polar surface area (TPSA) is 69.4 Å². The standard InChI is InChI=1S/C16H11FN6S/c17-12-4-2-1-3-11(12)8-23-16(13-7-18-5-6-19-13)21-15(22-23)14-9-24-10-20-14/h1-7,9-10H,8H2. The highest BCUT2D eigenvalue weighted by atomic mass is 32.1. The summed E-state index contributed by atoms with van der Waals surface area (Å²) in [6.07, 6.45) is 4.77. The van der Waals surface area contributed by atoms with Crippen molar-refractivity contribution < 1.29 is 4.39 Å². The number of hydrogen-bond acceptors (Lipinski definition) is 6. The Morgan fingerprint density at radius 3 is 2.75 bits per heavy atom. The lowest BCUT2D eigenvalue weighted by molar-refractivity contribution is 0.586. The number of benzene rings is 1. The predicted octanol–water partition coefficient (Wildman–Crippen LogP) is 3.05. The van der Waals surface area contributed by atoms with Crippen molar-refractivity contribution in [3.05, 3.63) is 65.1 Å². The molecule has 0 N–H and O–H groups in total. The third-order valence-electron chi connectivity index (χ3n) is 3.40. The van der Waals surface area contributed by atoms with Crippen LogP contribution in [0.25, 0.3) is 23.0 Å². The summed E-state index contributed by atoms with van der Waals surface area (Å²) < 4.78 is 15.6. The van der Waals surface area contributed by atoms with Gasteiger partial charge in [-0.1, -0.05) is 18.2 Å². The molecule has 0 atom stereocenters. The van der Waals surface area contributed by atoms with Gasteiger partial charge in [0, 0.05) is 23.3 Å². The van der Waals surface area contributed by atoms with Gasteiger partial charge in [0.15, 0.2) is 5.82 Å². The van der Waals surface area contributed by atoms with E-state index in [0.717, 1.165) is 0 Å². The van der Waals surface area contributed by atoms with Crippen molar-refractivity contribution in [2.75, 3.05) is 0 Å². The predicted molar refractivity (Wildman–Crippen MR) is 87.7 cm³/mol. The van der Waals surface area contributed by atoms with E-state index in [1.165, 1.54) is 17.4 Å². The van der Waals surface area contributed by atoms with Crippen LogP contribution in [0.2, 0.25) is 0 Å². The highest BCUT2D eigenvalue weighted by Gasteiger charge is 2.17. The van der Waals surface area contributed by atoms with E-state index in [9.17, 15) is 4.39 Å². The van der Waals surface area contributed by atoms with Gasteiger partial charge in [0.05, 0.1) is 18.3 Å². The largest absolute Gasteiger partial charge is 0.261 e. The van der Waals surface area contributed by atoms with Crippen molar-refractivity contribution in [2.45, 2.75) is 6.54 Å². The summed E-state index contributed by atoms with van der Waals surface area (Å²) >= 11 is 1.46. The first-order valence-corrected chi connectivity index (χ1v) is 8.09. The van der Waals surface area contributed by atoms with E-state index in [-0.39, 0.29) is 12.4 Å². The third kappa shape index (κ3) is 2.79. The minimum absolute atomic E-state index is 0.246. The Hall–Kier alpha value is -3.00. The molecule has 4 rings (SSSR count). The molecule has 0 saturated heterocycles. The van der Waals surface area contributed by atoms with Gasteiger partial charge in [-0.15, -0.1) is 16.4 Å². The highest BCUT2D eigenvalue weighted by Crippen LogP contribution is 2.22. The smallest absolute Gasteiger partial charge is 0.201 e. The van der Waals surface area contributed by atoms with Crippen molar-refractivity contribution in [1.29, 1.82) is 0 Å². The lowest BCUT2D eigenvalue weighted by atomic mass is 10.2. The zero-order valence-corrected chi connectivity index (χ0v) is 13.2. The molecule has 3 aromatic heterocycles. The zero-order chi connectivity index (χ0) is 16.4. The Morgan fingerprint density at radius 2 is 2.00 bits per heavy atom. The van der Waals surface area contributed by atoms with E-state index in [2.05, 4.69) is 25.0 Å². The van der Waals surface area contributed by atoms with Gasteiger partial charge in [-0.3, -0.25) is 4.98 Å². The highest BCUT2D eigenvalue weighted by molar-refractivity contribution is 7.07. The zero-order valence-electron chi connectivity index (χ0n) is 12.4. The molecular formula is C16H11FN6S. The van der Waals surface area contributed by atoms with Crippen LogP contribution in [-0.4, -0.2) is 29.7 Å². The SMILES string of the molecule is Fc1ccccc1Cn1nc(-c2cscn2)nc1-c1cnccn1. The maximum Gasteiger partial charge on any atom is 0.201 e. The van der Waals surface area contributed by atoms with Crippen LogP contribution >= 0.6 is 11.3 Å². The molecule has 0 bridgehead atoms. The average molecular weight is 338 g/mol. The monoisotopic (exact) mass is 338 g/mol. The van der Waals surface area contributed by atoms with Crippen LogP contribution in [0.5, 0.6) is 0 Å². The van der Waals surface area contributed by atoms with Crippen LogP contribution in [0, 0.1) is 5.82 Å². The fourth-order valence-corrected chi connectivity index (χ4v) is 2.81. The summed E-state index contributed by atoms with van der Waals surface area (Å²) in [5.74, 6) is 0.718. The lowest BCUT2D eigenvalue weighted by Crippen LogP contribution is -2.06. The van der Waals surface area contributed by atoms with E-state index < -0.39 is 0 Å². The van der Waals surface area contributed by atoms with Crippen molar-refractivity contribution in [3.8, 4) is 23.0 Å². The van der Waals surface area contributed by atoms with E-state index in [1.54, 1.807) is 47.0 Å². The van der Waals surface area contributed by atoms with Gasteiger partial charge in [0.2, 0.25) is 5.82 Å². The second kappa shape index (κ2) is 6.25. The van der Waals surface area contributed by atoms with Gasteiger partial charge in [-0.05, 0) is 6.07 Å². The normalized spacial score (nSPS) is 10.9. The quantitative estimate of drug-likeness (QED) is 0.572. The van der Waals surface area contributed by atoms with Crippen molar-refractivity contribution in [3.63, 3.8) is 0 Å². The Kier molecular flexibility index (Phi) is 3.80. The van der Waals surface area contributed by atoms with Crippen molar-refractivity contribution >= 4 is 11.3 Å². The second-order valence-electron chi connectivity index (χ2n) is 4.97. The van der Waals surface area contributed by atoms with Crippen LogP contribution in [0.4, 0.5) is 4.39 Å². The number of halogens is 1. The molecule has 24 heavy (non-hydrogen) atoms. The molecule has 0 aliphatic heterocycles. The number of nitrogens with zero attached hydrogens (tertiary/aromatic N) is 6. The van der Waals surface area contributed by atoms with Gasteiger partial charge in [0.25, 0.3) is 0 Å². The van der Waals surface area contributed by atoms with Crippen LogP contribution in [0.15, 0.2) is 53.7 Å². The molecule has 0 spiro atoms. The summed E-state index contributed by atoms with van der Waals surface area (Å²) in [7, 11) is 0. The molecule has 118 valence electrons. The van der Waals surface area contributed by atoms with Gasteiger partial charge >= 0.3 is 0 Å². The van der Waals surface area contributed by atoms with E-state index in [1.807, 2.05) is 5.38 Å². The third-order valence-corrected chi connectivity index (χ3v) is 3.99. The summed E-state index contributed by atoms with van der Waals surface area (Å²) in [6.45, 7) is 0.246. The summed E-state index contributed by atoms with van der Waals surface area (Å²) in [5.41, 5.74) is 3.49. The second-order valence-corrected chi connectivity index (χ2v) is 5.69. The van der Waals surface area contributed by atoms with Crippen LogP contribution in [0.1, 0.15) is 5.56 Å². The number of hydrogen-bond donors (Lipinski definition) is 0. The molecule has 0 aliphatic carbocycles. The molecule has 0 saturated carbocycles. The first-order valence-electron chi connectivity index (χ1n) is 7.14. The average Bonchev–Trinajstić information content (AvgIpc) is 3.27. The molecule has 0 unspecified atom stereocenters. The number of rotatable bonds is 4. The van der Waals surface area contributed by atoms with Crippen LogP contribution < -0.4 is 0 Å². The van der Waals surface area contributed by atoms with E-state index >= 15 is 0 Å². The van der Waals surface area contributed by atoms with Crippen molar-refractivity contribution in [2.24, 2.45) is 0 Å². The van der Waals surface area contributed by atoms with E-state index in [0.29, 0.717) is 28.6 Å². The van der Waals surface area contributed by atoms with Gasteiger partial charge in [0.1, 0.15) is 17.2 Å². The molecule has 0 fully saturated rings. The molecule has 0 aliphatic rings. The Labute approximate surface area is 140 Å². The molecule has 0 radical (unpaired) electrons. The molecule has 1 aromatic carbocycles. The number of aromatic nitrogens is 6. The molecule has 8 heteroatoms. The van der Waals surface area contributed by atoms with Crippen LogP contribution in [0.3, 0.4) is 0 Å². The maximum absolute atomic E-state index is 14.0. The minimum atomic E-state index is -0.284. The molecular weight excluding hydrogens is 327 g/mol. The first kappa shape index (κ1) is 14.6. The molecule has 0 amide bonds. The van der Waals surface area contributed by atoms with Crippen molar-refractivity contribution in [1.82, 2.24) is 29.7 Å². The van der Waals surface area contributed by atoms with Gasteiger partial charge in [-0.2, -0.15) is 0 Å². The molecule has 3 heterocycles. The molecule has 6 nitrogen and oxygen atoms in total. The Balaban J connectivity index is 1.81. The summed E-state index contributed by atoms with van der Waals surface area (Å²) in [4.78, 5) is 17.1. The van der Waals surface area contributed by atoms with Gasteiger partial charge in [-0.25, -0.2) is 24.0 Å². The van der Waals surface area contributed by atoms with Gasteiger partial charge < -0.3 is 0 Å². The fraction of sp³-hybridized carbons (Fsp3) is 0.0625.